The molecule has 162 valence electrons. The van der Waals surface area contributed by atoms with Gasteiger partial charge in [-0.2, -0.15) is 8.61 Å². The van der Waals surface area contributed by atoms with Crippen LogP contribution in [0.3, 0.4) is 0 Å². The molecule has 1 saturated heterocycles. The Morgan fingerprint density at radius 3 is 2.00 bits per heavy atom. The molecule has 1 aliphatic rings. The molecule has 0 saturated carbocycles. The minimum Gasteiger partial charge on any atom is -0.326 e. The van der Waals surface area contributed by atoms with Crippen molar-refractivity contribution < 1.29 is 21.6 Å². The Hall–Kier alpha value is -2.27. The lowest BCUT2D eigenvalue weighted by Crippen LogP contribution is -2.50. The number of hydrogen-bond donors (Lipinski definition) is 1. The number of carbonyl (C=O) groups is 1. The number of nitrogens with zero attached hydrogens (tertiary/aromatic N) is 2. The van der Waals surface area contributed by atoms with Crippen molar-refractivity contribution >= 4 is 31.6 Å². The van der Waals surface area contributed by atoms with Gasteiger partial charge in [-0.05, 0) is 29.8 Å². The topological polar surface area (TPSA) is 104 Å². The van der Waals surface area contributed by atoms with Crippen molar-refractivity contribution in [2.45, 2.75) is 24.0 Å². The summed E-state index contributed by atoms with van der Waals surface area (Å²) in [7, 11) is -7.26. The van der Waals surface area contributed by atoms with Crippen molar-refractivity contribution in [3.8, 4) is 0 Å². The number of benzene rings is 2. The Labute approximate surface area is 177 Å². The molecule has 1 amide bonds. The largest absolute Gasteiger partial charge is 0.326 e. The van der Waals surface area contributed by atoms with Crippen LogP contribution in [0.4, 0.5) is 5.69 Å². The average molecular weight is 452 g/mol. The smallest absolute Gasteiger partial charge is 0.243 e. The lowest BCUT2D eigenvalue weighted by Gasteiger charge is -2.33. The summed E-state index contributed by atoms with van der Waals surface area (Å²) >= 11 is 0. The Bertz CT molecular complexity index is 1080. The van der Waals surface area contributed by atoms with E-state index in [1.54, 1.807) is 43.3 Å². The second-order valence-electron chi connectivity index (χ2n) is 6.97. The van der Waals surface area contributed by atoms with Gasteiger partial charge in [-0.25, -0.2) is 16.8 Å². The summed E-state index contributed by atoms with van der Waals surface area (Å²) < 4.78 is 53.7. The van der Waals surface area contributed by atoms with Crippen molar-refractivity contribution in [3.63, 3.8) is 0 Å². The molecule has 10 heteroatoms. The zero-order chi connectivity index (χ0) is 21.8. The van der Waals surface area contributed by atoms with Gasteiger partial charge in [0.25, 0.3) is 0 Å². The molecule has 1 heterocycles. The van der Waals surface area contributed by atoms with Crippen LogP contribution in [0.1, 0.15) is 18.9 Å². The molecule has 0 unspecified atom stereocenters. The summed E-state index contributed by atoms with van der Waals surface area (Å²) in [4.78, 5) is 11.6. The van der Waals surface area contributed by atoms with Gasteiger partial charge in [0.15, 0.2) is 0 Å². The number of amides is 1. The van der Waals surface area contributed by atoms with Gasteiger partial charge in [0.05, 0.1) is 10.6 Å². The summed E-state index contributed by atoms with van der Waals surface area (Å²) in [6.07, 6.45) is 0.331. The summed E-state index contributed by atoms with van der Waals surface area (Å²) in [5.41, 5.74) is 1.22. The van der Waals surface area contributed by atoms with Crippen LogP contribution < -0.4 is 5.32 Å². The van der Waals surface area contributed by atoms with Crippen LogP contribution in [-0.4, -0.2) is 57.5 Å². The molecule has 2 aromatic carbocycles. The molecular formula is C20H25N3O5S2. The molecule has 8 nitrogen and oxygen atoms in total. The lowest BCUT2D eigenvalue weighted by atomic mass is 10.2. The fraction of sp³-hybridized carbons (Fsp3) is 0.350. The van der Waals surface area contributed by atoms with Crippen LogP contribution in [0.5, 0.6) is 0 Å². The number of nitrogens with one attached hydrogen (secondary N) is 1. The Morgan fingerprint density at radius 2 is 1.43 bits per heavy atom. The SMILES string of the molecule is CCC(=O)Nc1ccc(S(=O)(=O)N2CCN(S(=O)(=O)Cc3ccccc3)CC2)cc1. The van der Waals surface area contributed by atoms with Gasteiger partial charge in [-0.3, -0.25) is 4.79 Å². The van der Waals surface area contributed by atoms with Gasteiger partial charge in [-0.1, -0.05) is 37.3 Å². The third-order valence-electron chi connectivity index (χ3n) is 4.88. The van der Waals surface area contributed by atoms with Crippen LogP contribution in [0.2, 0.25) is 0 Å². The van der Waals surface area contributed by atoms with Crippen molar-refractivity contribution in [1.82, 2.24) is 8.61 Å². The molecule has 2 aromatic rings. The van der Waals surface area contributed by atoms with Crippen LogP contribution in [0, 0.1) is 0 Å². The fourth-order valence-electron chi connectivity index (χ4n) is 3.17. The summed E-state index contributed by atoms with van der Waals surface area (Å²) in [6.45, 7) is 2.13. The molecule has 0 spiro atoms. The van der Waals surface area contributed by atoms with E-state index in [1.807, 2.05) is 6.07 Å². The van der Waals surface area contributed by atoms with Gasteiger partial charge in [0.1, 0.15) is 0 Å². The van der Waals surface area contributed by atoms with E-state index in [2.05, 4.69) is 5.32 Å². The van der Waals surface area contributed by atoms with E-state index < -0.39 is 20.0 Å². The van der Waals surface area contributed by atoms with E-state index in [0.717, 1.165) is 0 Å². The number of piperazine rings is 1. The third-order valence-corrected chi connectivity index (χ3v) is 8.64. The molecule has 0 bridgehead atoms. The summed E-state index contributed by atoms with van der Waals surface area (Å²) in [5.74, 6) is -0.260. The monoisotopic (exact) mass is 451 g/mol. The predicted molar refractivity (Wildman–Crippen MR) is 115 cm³/mol. The van der Waals surface area contributed by atoms with E-state index in [9.17, 15) is 21.6 Å². The van der Waals surface area contributed by atoms with Crippen LogP contribution in [0.25, 0.3) is 0 Å². The standard InChI is InChI=1S/C20H25N3O5S2/c1-2-20(24)21-18-8-10-19(11-9-18)30(27,28)23-14-12-22(13-15-23)29(25,26)16-17-6-4-3-5-7-17/h3-11H,2,12-16H2,1H3,(H,21,24). The molecule has 1 aliphatic heterocycles. The molecular weight excluding hydrogens is 426 g/mol. The first kappa shape index (κ1) is 22.4. The van der Waals surface area contributed by atoms with Crippen LogP contribution >= 0.6 is 0 Å². The van der Waals surface area contributed by atoms with Gasteiger partial charge in [0, 0.05) is 38.3 Å². The van der Waals surface area contributed by atoms with E-state index in [-0.39, 0.29) is 42.7 Å². The van der Waals surface area contributed by atoms with Gasteiger partial charge in [-0.15, -0.1) is 0 Å². The zero-order valence-electron chi connectivity index (χ0n) is 16.7. The van der Waals surface area contributed by atoms with E-state index in [0.29, 0.717) is 17.7 Å². The maximum atomic E-state index is 12.9. The van der Waals surface area contributed by atoms with E-state index in [1.165, 1.54) is 20.7 Å². The van der Waals surface area contributed by atoms with Crippen molar-refractivity contribution in [2.75, 3.05) is 31.5 Å². The molecule has 30 heavy (non-hydrogen) atoms. The second-order valence-corrected chi connectivity index (χ2v) is 10.9. The zero-order valence-corrected chi connectivity index (χ0v) is 18.3. The predicted octanol–water partition coefficient (Wildman–Crippen LogP) is 1.87. The molecule has 0 aliphatic carbocycles. The number of anilines is 1. The van der Waals surface area contributed by atoms with Gasteiger partial charge < -0.3 is 5.32 Å². The Morgan fingerprint density at radius 1 is 0.867 bits per heavy atom. The Kier molecular flexibility index (Phi) is 6.91. The normalized spacial score (nSPS) is 16.3. The van der Waals surface area contributed by atoms with Gasteiger partial charge in [0.2, 0.25) is 26.0 Å². The van der Waals surface area contributed by atoms with Crippen molar-refractivity contribution in [1.29, 1.82) is 0 Å². The Balaban J connectivity index is 1.64. The summed E-state index contributed by atoms with van der Waals surface area (Å²) in [6, 6.07) is 14.9. The first-order valence-electron chi connectivity index (χ1n) is 9.64. The molecule has 3 rings (SSSR count). The molecule has 1 fully saturated rings. The third kappa shape index (κ3) is 5.25. The highest BCUT2D eigenvalue weighted by atomic mass is 32.2. The maximum absolute atomic E-state index is 12.9. The molecule has 0 atom stereocenters. The minimum atomic E-state index is -3.74. The first-order valence-corrected chi connectivity index (χ1v) is 12.7. The van der Waals surface area contributed by atoms with Crippen molar-refractivity contribution in [3.05, 3.63) is 60.2 Å². The second kappa shape index (κ2) is 9.25. The highest BCUT2D eigenvalue weighted by Crippen LogP contribution is 2.21. The average Bonchev–Trinajstić information content (AvgIpc) is 2.74. The number of carbonyl (C=O) groups excluding carboxylic acids is 1. The first-order chi connectivity index (χ1) is 14.2. The molecule has 0 aromatic heterocycles. The fourth-order valence-corrected chi connectivity index (χ4v) is 6.11. The number of hydrogen-bond acceptors (Lipinski definition) is 5. The van der Waals surface area contributed by atoms with Crippen molar-refractivity contribution in [2.24, 2.45) is 0 Å². The van der Waals surface area contributed by atoms with E-state index in [4.69, 9.17) is 0 Å². The molecule has 0 radical (unpaired) electrons. The minimum absolute atomic E-state index is 0.0880. The highest BCUT2D eigenvalue weighted by molar-refractivity contribution is 7.89. The van der Waals surface area contributed by atoms with Gasteiger partial charge >= 0.3 is 0 Å². The lowest BCUT2D eigenvalue weighted by molar-refractivity contribution is -0.115. The van der Waals surface area contributed by atoms with Crippen LogP contribution in [-0.2, 0) is 30.6 Å². The highest BCUT2D eigenvalue weighted by Gasteiger charge is 2.33. The maximum Gasteiger partial charge on any atom is 0.243 e. The quantitative estimate of drug-likeness (QED) is 0.692. The molecule has 1 N–H and O–H groups in total. The number of rotatable bonds is 7. The van der Waals surface area contributed by atoms with Crippen LogP contribution in [0.15, 0.2) is 59.5 Å². The van der Waals surface area contributed by atoms with E-state index >= 15 is 0 Å². The number of sulfonamides is 2. The summed E-state index contributed by atoms with van der Waals surface area (Å²) in [5, 5.41) is 2.67.